The monoisotopic (exact) mass is 492 g/mol. The third-order valence-corrected chi connectivity index (χ3v) is 7.50. The fraction of sp³-hybridized carbons (Fsp3) is 0.269. The lowest BCUT2D eigenvalue weighted by atomic mass is 9.97. The van der Waals surface area contributed by atoms with E-state index in [0.717, 1.165) is 36.2 Å². The largest absolute Gasteiger partial charge is 0.352 e. The summed E-state index contributed by atoms with van der Waals surface area (Å²) in [7, 11) is 0. The summed E-state index contributed by atoms with van der Waals surface area (Å²) < 4.78 is 2.32. The molecule has 1 unspecified atom stereocenters. The van der Waals surface area contributed by atoms with Crippen molar-refractivity contribution in [3.63, 3.8) is 0 Å². The molecule has 1 aliphatic heterocycles. The molecule has 1 amide bonds. The lowest BCUT2D eigenvalue weighted by Crippen LogP contribution is -2.45. The molecule has 0 aliphatic carbocycles. The zero-order chi connectivity index (χ0) is 23.7. The van der Waals surface area contributed by atoms with Gasteiger partial charge in [-0.3, -0.25) is 9.59 Å². The van der Waals surface area contributed by atoms with Crippen LogP contribution in [0.15, 0.2) is 64.8 Å². The lowest BCUT2D eigenvalue weighted by molar-refractivity contribution is -0.125. The van der Waals surface area contributed by atoms with Gasteiger partial charge >= 0.3 is 0 Å². The highest BCUT2D eigenvalue weighted by Crippen LogP contribution is 2.27. The predicted molar refractivity (Wildman–Crippen MR) is 138 cm³/mol. The summed E-state index contributed by atoms with van der Waals surface area (Å²) in [6.45, 7) is 3.65. The number of amides is 1. The standard InChI is InChI=1S/C26H25ClN4O2S/c1-17-8-10-20(11-9-17)31-25(33)23-22(12-14-34-23)29-26(31)30-13-4-6-19(16-30)24(32)28-15-18-5-2-3-7-21(18)27/h2-3,5,7-12,14,19H,4,6,13,15-16H2,1H3,(H,28,32). The molecule has 1 aliphatic rings. The number of aromatic nitrogens is 2. The van der Waals surface area contributed by atoms with Crippen LogP contribution < -0.4 is 15.8 Å². The van der Waals surface area contributed by atoms with Crippen molar-refractivity contribution >= 4 is 45.0 Å². The van der Waals surface area contributed by atoms with Gasteiger partial charge in [-0.1, -0.05) is 47.5 Å². The van der Waals surface area contributed by atoms with Gasteiger partial charge in [-0.15, -0.1) is 11.3 Å². The van der Waals surface area contributed by atoms with Gasteiger partial charge in [-0.25, -0.2) is 9.55 Å². The first-order chi connectivity index (χ1) is 16.5. The van der Waals surface area contributed by atoms with Crippen LogP contribution in [0.5, 0.6) is 0 Å². The maximum atomic E-state index is 13.5. The van der Waals surface area contributed by atoms with E-state index in [9.17, 15) is 9.59 Å². The number of benzene rings is 2. The van der Waals surface area contributed by atoms with Gasteiger partial charge in [0.15, 0.2) is 0 Å². The van der Waals surface area contributed by atoms with E-state index in [4.69, 9.17) is 16.6 Å². The number of nitrogens with one attached hydrogen (secondary N) is 1. The summed E-state index contributed by atoms with van der Waals surface area (Å²) in [6.07, 6.45) is 1.63. The molecule has 4 aromatic rings. The Hall–Kier alpha value is -3.16. The number of nitrogens with zero attached hydrogens (tertiary/aromatic N) is 3. The number of fused-ring (bicyclic) bond motifs is 1. The maximum Gasteiger partial charge on any atom is 0.277 e. The van der Waals surface area contributed by atoms with Crippen LogP contribution in [0.1, 0.15) is 24.0 Å². The first kappa shape index (κ1) is 22.6. The molecule has 1 saturated heterocycles. The van der Waals surface area contributed by atoms with Crippen LogP contribution >= 0.6 is 22.9 Å². The number of hydrogen-bond donors (Lipinski definition) is 1. The number of carbonyl (C=O) groups excluding carboxylic acids is 1. The van der Waals surface area contributed by atoms with Crippen molar-refractivity contribution < 1.29 is 4.79 Å². The molecular formula is C26H25ClN4O2S. The van der Waals surface area contributed by atoms with Crippen LogP contribution in [0.2, 0.25) is 5.02 Å². The highest BCUT2D eigenvalue weighted by Gasteiger charge is 2.29. The Labute approximate surface area is 206 Å². The van der Waals surface area contributed by atoms with Crippen LogP contribution in [0.3, 0.4) is 0 Å². The number of hydrogen-bond acceptors (Lipinski definition) is 5. The molecule has 2 aromatic heterocycles. The molecule has 3 heterocycles. The highest BCUT2D eigenvalue weighted by molar-refractivity contribution is 7.17. The van der Waals surface area contributed by atoms with E-state index in [0.29, 0.717) is 34.3 Å². The molecule has 0 saturated carbocycles. The van der Waals surface area contributed by atoms with E-state index in [-0.39, 0.29) is 17.4 Å². The minimum absolute atomic E-state index is 0.00883. The van der Waals surface area contributed by atoms with Gasteiger partial charge in [0.1, 0.15) is 4.70 Å². The normalized spacial score (nSPS) is 16.1. The van der Waals surface area contributed by atoms with Gasteiger partial charge in [-0.05, 0) is 55.0 Å². The molecule has 0 radical (unpaired) electrons. The predicted octanol–water partition coefficient (Wildman–Crippen LogP) is 4.94. The molecule has 1 atom stereocenters. The number of piperidine rings is 1. The molecule has 1 fully saturated rings. The van der Waals surface area contributed by atoms with E-state index >= 15 is 0 Å². The van der Waals surface area contributed by atoms with Crippen LogP contribution in [0.4, 0.5) is 5.95 Å². The van der Waals surface area contributed by atoms with Crippen molar-refractivity contribution in [2.24, 2.45) is 5.92 Å². The van der Waals surface area contributed by atoms with Crippen LogP contribution in [-0.2, 0) is 11.3 Å². The van der Waals surface area contributed by atoms with Gasteiger partial charge in [-0.2, -0.15) is 0 Å². The SMILES string of the molecule is Cc1ccc(-n2c(N3CCCC(C(=O)NCc4ccccc4Cl)C3)nc3ccsc3c2=O)cc1. The van der Waals surface area contributed by atoms with E-state index in [2.05, 4.69) is 10.2 Å². The number of aryl methyl sites for hydroxylation is 1. The Morgan fingerprint density at radius 1 is 1.18 bits per heavy atom. The molecule has 174 valence electrons. The molecule has 1 N–H and O–H groups in total. The topological polar surface area (TPSA) is 67.2 Å². The quantitative estimate of drug-likeness (QED) is 0.428. The maximum absolute atomic E-state index is 13.5. The van der Waals surface area contributed by atoms with Gasteiger partial charge < -0.3 is 10.2 Å². The first-order valence-electron chi connectivity index (χ1n) is 11.3. The van der Waals surface area contributed by atoms with E-state index in [1.165, 1.54) is 11.3 Å². The average molecular weight is 493 g/mol. The zero-order valence-corrected chi connectivity index (χ0v) is 20.4. The second-order valence-electron chi connectivity index (χ2n) is 8.62. The van der Waals surface area contributed by atoms with Crippen molar-refractivity contribution in [1.29, 1.82) is 0 Å². The summed E-state index contributed by atoms with van der Waals surface area (Å²) in [4.78, 5) is 33.4. The number of halogens is 1. The zero-order valence-electron chi connectivity index (χ0n) is 18.8. The Kier molecular flexibility index (Phi) is 6.39. The minimum atomic E-state index is -0.197. The summed E-state index contributed by atoms with van der Waals surface area (Å²) in [5.41, 5.74) is 3.40. The van der Waals surface area contributed by atoms with Crippen LogP contribution in [0.25, 0.3) is 15.9 Å². The molecule has 8 heteroatoms. The summed E-state index contributed by atoms with van der Waals surface area (Å²) in [5.74, 6) is 0.381. The molecule has 34 heavy (non-hydrogen) atoms. The van der Waals surface area contributed by atoms with Gasteiger partial charge in [0.2, 0.25) is 11.9 Å². The first-order valence-corrected chi connectivity index (χ1v) is 12.6. The smallest absolute Gasteiger partial charge is 0.277 e. The Bertz CT molecular complexity index is 1400. The molecule has 6 nitrogen and oxygen atoms in total. The van der Waals surface area contributed by atoms with Crippen molar-refractivity contribution in [2.75, 3.05) is 18.0 Å². The molecular weight excluding hydrogens is 468 g/mol. The highest BCUT2D eigenvalue weighted by atomic mass is 35.5. The second kappa shape index (κ2) is 9.60. The Morgan fingerprint density at radius 2 is 1.97 bits per heavy atom. The number of rotatable bonds is 5. The van der Waals surface area contributed by atoms with Crippen molar-refractivity contribution in [3.8, 4) is 5.69 Å². The minimum Gasteiger partial charge on any atom is -0.352 e. The summed E-state index contributed by atoms with van der Waals surface area (Å²) >= 11 is 7.64. The average Bonchev–Trinajstić information content (AvgIpc) is 3.33. The number of thiophene rings is 1. The molecule has 5 rings (SSSR count). The third kappa shape index (κ3) is 4.45. The van der Waals surface area contributed by atoms with Crippen molar-refractivity contribution in [3.05, 3.63) is 86.5 Å². The number of carbonyl (C=O) groups is 1. The Balaban J connectivity index is 1.43. The third-order valence-electron chi connectivity index (χ3n) is 6.24. The van der Waals surface area contributed by atoms with Crippen LogP contribution in [0, 0.1) is 12.8 Å². The second-order valence-corrected chi connectivity index (χ2v) is 9.94. The van der Waals surface area contributed by atoms with Gasteiger partial charge in [0.25, 0.3) is 5.56 Å². The van der Waals surface area contributed by atoms with Crippen molar-refractivity contribution in [2.45, 2.75) is 26.3 Å². The van der Waals surface area contributed by atoms with Gasteiger partial charge in [0, 0.05) is 24.7 Å². The van der Waals surface area contributed by atoms with Gasteiger partial charge in [0.05, 0.1) is 17.1 Å². The molecule has 2 aromatic carbocycles. The fourth-order valence-corrected chi connectivity index (χ4v) is 5.34. The summed E-state index contributed by atoms with van der Waals surface area (Å²) in [5, 5.41) is 5.57. The lowest BCUT2D eigenvalue weighted by Gasteiger charge is -2.34. The van der Waals surface area contributed by atoms with Crippen LogP contribution in [-0.4, -0.2) is 28.5 Å². The Morgan fingerprint density at radius 3 is 2.76 bits per heavy atom. The summed E-state index contributed by atoms with van der Waals surface area (Å²) in [6, 6.07) is 17.3. The van der Waals surface area contributed by atoms with E-state index < -0.39 is 0 Å². The fourth-order valence-electron chi connectivity index (χ4n) is 4.38. The molecule has 0 bridgehead atoms. The van der Waals surface area contributed by atoms with E-state index in [1.807, 2.05) is 66.9 Å². The number of anilines is 1. The van der Waals surface area contributed by atoms with Crippen molar-refractivity contribution in [1.82, 2.24) is 14.9 Å². The van der Waals surface area contributed by atoms with E-state index in [1.54, 1.807) is 4.57 Å². The molecule has 0 spiro atoms.